The van der Waals surface area contributed by atoms with Crippen molar-refractivity contribution in [1.82, 2.24) is 4.90 Å². The van der Waals surface area contributed by atoms with Crippen molar-refractivity contribution < 1.29 is 14.3 Å². The van der Waals surface area contributed by atoms with Gasteiger partial charge < -0.3 is 19.7 Å². The molecule has 0 aromatic heterocycles. The fourth-order valence-electron chi connectivity index (χ4n) is 2.57. The first-order valence-electron chi connectivity index (χ1n) is 8.07. The molecule has 0 spiro atoms. The van der Waals surface area contributed by atoms with Gasteiger partial charge >= 0.3 is 6.09 Å². The molecule has 5 nitrogen and oxygen atoms in total. The van der Waals surface area contributed by atoms with Gasteiger partial charge in [0.1, 0.15) is 0 Å². The molecule has 1 aromatic carbocycles. The summed E-state index contributed by atoms with van der Waals surface area (Å²) in [6.07, 6.45) is 1.69. The van der Waals surface area contributed by atoms with Crippen LogP contribution in [0.3, 0.4) is 0 Å². The lowest BCUT2D eigenvalue weighted by atomic mass is 10.0. The van der Waals surface area contributed by atoms with Gasteiger partial charge in [0.2, 0.25) is 0 Å². The molecule has 0 aliphatic carbocycles. The third-order valence-electron chi connectivity index (χ3n) is 3.82. The Hall–Kier alpha value is -1.75. The first-order chi connectivity index (χ1) is 10.7. The summed E-state index contributed by atoms with van der Waals surface area (Å²) in [4.78, 5) is 13.4. The predicted octanol–water partition coefficient (Wildman–Crippen LogP) is 3.26. The molecular formula is C17H26N2O3. The highest BCUT2D eigenvalue weighted by Gasteiger charge is 2.23. The number of rotatable bonds is 6. The van der Waals surface area contributed by atoms with Gasteiger partial charge in [-0.1, -0.05) is 12.1 Å². The molecule has 22 heavy (non-hydrogen) atoms. The number of nitrogens with one attached hydrogen (secondary N) is 1. The largest absolute Gasteiger partial charge is 0.450 e. The minimum Gasteiger partial charge on any atom is -0.450 e. The van der Waals surface area contributed by atoms with Crippen molar-refractivity contribution in [2.24, 2.45) is 0 Å². The van der Waals surface area contributed by atoms with Gasteiger partial charge in [0.25, 0.3) is 0 Å². The molecule has 1 amide bonds. The topological polar surface area (TPSA) is 50.8 Å². The molecule has 1 aliphatic heterocycles. The molecule has 2 rings (SSSR count). The number of carbonyl (C=O) groups is 1. The smallest absolute Gasteiger partial charge is 0.409 e. The number of piperidine rings is 1. The number of anilines is 1. The Morgan fingerprint density at radius 3 is 2.45 bits per heavy atom. The van der Waals surface area contributed by atoms with Gasteiger partial charge in [-0.05, 0) is 44.4 Å². The van der Waals surface area contributed by atoms with Crippen LogP contribution in [-0.2, 0) is 16.1 Å². The Labute approximate surface area is 132 Å². The van der Waals surface area contributed by atoms with E-state index in [1.54, 1.807) is 4.90 Å². The fraction of sp³-hybridized carbons (Fsp3) is 0.588. The molecule has 1 saturated heterocycles. The van der Waals surface area contributed by atoms with E-state index in [-0.39, 0.29) is 6.09 Å². The predicted molar refractivity (Wildman–Crippen MR) is 87.0 cm³/mol. The molecule has 1 aromatic rings. The van der Waals surface area contributed by atoms with E-state index in [9.17, 15) is 4.79 Å². The Morgan fingerprint density at radius 1 is 1.18 bits per heavy atom. The van der Waals surface area contributed by atoms with Crippen molar-refractivity contribution in [1.29, 1.82) is 0 Å². The maximum Gasteiger partial charge on any atom is 0.409 e. The lowest BCUT2D eigenvalue weighted by molar-refractivity contribution is 0.0983. The summed E-state index contributed by atoms with van der Waals surface area (Å²) in [6.45, 7) is 7.16. The molecule has 0 saturated carbocycles. The van der Waals surface area contributed by atoms with Crippen LogP contribution in [0, 0.1) is 0 Å². The van der Waals surface area contributed by atoms with Crippen molar-refractivity contribution in [2.45, 2.75) is 39.3 Å². The van der Waals surface area contributed by atoms with Crippen LogP contribution in [0.15, 0.2) is 24.3 Å². The number of nitrogens with zero attached hydrogens (tertiary/aromatic N) is 1. The molecule has 0 unspecified atom stereocenters. The highest BCUT2D eigenvalue weighted by molar-refractivity contribution is 5.67. The maximum atomic E-state index is 11.7. The van der Waals surface area contributed by atoms with Gasteiger partial charge in [-0.3, -0.25) is 0 Å². The zero-order chi connectivity index (χ0) is 15.8. The van der Waals surface area contributed by atoms with Crippen LogP contribution in [0.4, 0.5) is 10.5 Å². The highest BCUT2D eigenvalue weighted by atomic mass is 16.6. The Balaban J connectivity index is 1.77. The van der Waals surface area contributed by atoms with Crippen LogP contribution in [0.1, 0.15) is 32.3 Å². The van der Waals surface area contributed by atoms with E-state index >= 15 is 0 Å². The average Bonchev–Trinajstić information content (AvgIpc) is 2.55. The van der Waals surface area contributed by atoms with E-state index < -0.39 is 0 Å². The first-order valence-corrected chi connectivity index (χ1v) is 8.07. The number of hydrogen-bond acceptors (Lipinski definition) is 4. The van der Waals surface area contributed by atoms with Gasteiger partial charge in [0.15, 0.2) is 0 Å². The number of likely N-dealkylation sites (tertiary alicyclic amines) is 1. The molecule has 1 aliphatic rings. The zero-order valence-corrected chi connectivity index (χ0v) is 13.5. The quantitative estimate of drug-likeness (QED) is 0.876. The van der Waals surface area contributed by atoms with E-state index in [0.717, 1.165) is 38.2 Å². The van der Waals surface area contributed by atoms with Crippen LogP contribution in [0.25, 0.3) is 0 Å². The summed E-state index contributed by atoms with van der Waals surface area (Å²) < 4.78 is 10.4. The summed E-state index contributed by atoms with van der Waals surface area (Å²) in [7, 11) is 0. The van der Waals surface area contributed by atoms with Crippen molar-refractivity contribution >= 4 is 11.8 Å². The number of carbonyl (C=O) groups excluding carboxylic acids is 1. The summed E-state index contributed by atoms with van der Waals surface area (Å²) in [5, 5.41) is 3.54. The summed E-state index contributed by atoms with van der Waals surface area (Å²) >= 11 is 0. The molecule has 5 heteroatoms. The standard InChI is InChI=1S/C17H26N2O3/c1-3-21-13-14-5-7-15(8-6-14)18-16-9-11-19(12-10-16)17(20)22-4-2/h5-8,16,18H,3-4,9-13H2,1-2H3. The van der Waals surface area contributed by atoms with Gasteiger partial charge in [0, 0.05) is 31.4 Å². The van der Waals surface area contributed by atoms with Gasteiger partial charge in [-0.2, -0.15) is 0 Å². The number of amides is 1. The van der Waals surface area contributed by atoms with E-state index in [1.807, 2.05) is 13.8 Å². The normalized spacial score (nSPS) is 15.6. The van der Waals surface area contributed by atoms with E-state index in [4.69, 9.17) is 9.47 Å². The first kappa shape index (κ1) is 16.6. The Kier molecular flexibility index (Phi) is 6.52. The lowest BCUT2D eigenvalue weighted by Gasteiger charge is -2.32. The summed E-state index contributed by atoms with van der Waals surface area (Å²) in [6, 6.07) is 8.76. The SMILES string of the molecule is CCOCc1ccc(NC2CCN(C(=O)OCC)CC2)cc1. The molecule has 0 atom stereocenters. The summed E-state index contributed by atoms with van der Waals surface area (Å²) in [5.74, 6) is 0. The number of benzene rings is 1. The Bertz CT molecular complexity index is 453. The lowest BCUT2D eigenvalue weighted by Crippen LogP contribution is -2.42. The molecular weight excluding hydrogens is 280 g/mol. The van der Waals surface area contributed by atoms with Crippen LogP contribution >= 0.6 is 0 Å². The third kappa shape index (κ3) is 4.91. The highest BCUT2D eigenvalue weighted by Crippen LogP contribution is 2.18. The molecule has 0 radical (unpaired) electrons. The maximum absolute atomic E-state index is 11.7. The van der Waals surface area contributed by atoms with Crippen LogP contribution < -0.4 is 5.32 Å². The monoisotopic (exact) mass is 306 g/mol. The van der Waals surface area contributed by atoms with E-state index in [2.05, 4.69) is 29.6 Å². The number of hydrogen-bond donors (Lipinski definition) is 1. The second-order valence-electron chi connectivity index (χ2n) is 5.44. The van der Waals surface area contributed by atoms with Gasteiger partial charge in [-0.15, -0.1) is 0 Å². The van der Waals surface area contributed by atoms with Crippen molar-refractivity contribution in [2.75, 3.05) is 31.6 Å². The molecule has 122 valence electrons. The number of ether oxygens (including phenoxy) is 2. The Morgan fingerprint density at radius 2 is 1.86 bits per heavy atom. The fourth-order valence-corrected chi connectivity index (χ4v) is 2.57. The van der Waals surface area contributed by atoms with Crippen molar-refractivity contribution in [3.05, 3.63) is 29.8 Å². The van der Waals surface area contributed by atoms with Gasteiger partial charge in [0.05, 0.1) is 13.2 Å². The zero-order valence-electron chi connectivity index (χ0n) is 13.5. The third-order valence-corrected chi connectivity index (χ3v) is 3.82. The van der Waals surface area contributed by atoms with Crippen LogP contribution in [-0.4, -0.2) is 43.3 Å². The molecule has 1 fully saturated rings. The van der Waals surface area contributed by atoms with Gasteiger partial charge in [-0.25, -0.2) is 4.79 Å². The minimum absolute atomic E-state index is 0.193. The van der Waals surface area contributed by atoms with Crippen LogP contribution in [0.2, 0.25) is 0 Å². The second-order valence-corrected chi connectivity index (χ2v) is 5.44. The average molecular weight is 306 g/mol. The second kappa shape index (κ2) is 8.63. The van der Waals surface area contributed by atoms with E-state index in [1.165, 1.54) is 5.56 Å². The van der Waals surface area contributed by atoms with Crippen LogP contribution in [0.5, 0.6) is 0 Å². The van der Waals surface area contributed by atoms with Crippen molar-refractivity contribution in [3.8, 4) is 0 Å². The molecule has 1 N–H and O–H groups in total. The van der Waals surface area contributed by atoms with E-state index in [0.29, 0.717) is 19.3 Å². The molecule has 1 heterocycles. The summed E-state index contributed by atoms with van der Waals surface area (Å²) in [5.41, 5.74) is 2.30. The van der Waals surface area contributed by atoms with Crippen molar-refractivity contribution in [3.63, 3.8) is 0 Å². The minimum atomic E-state index is -0.193. The molecule has 0 bridgehead atoms.